The number of benzene rings is 1. The van der Waals surface area contributed by atoms with Crippen LogP contribution in [0.2, 0.25) is 0 Å². The summed E-state index contributed by atoms with van der Waals surface area (Å²) in [5, 5.41) is 8.85. The Balaban J connectivity index is 1.96. The maximum atomic E-state index is 11.4. The number of carbonyl (C=O) groups is 1. The Kier molecular flexibility index (Phi) is 3.97. The molecule has 1 aromatic carbocycles. The first-order chi connectivity index (χ1) is 9.16. The molecule has 0 fully saturated rings. The minimum atomic E-state index is -0.996. The Hall–Kier alpha value is -2.56. The molecule has 0 aliphatic carbocycles. The van der Waals surface area contributed by atoms with Gasteiger partial charge in [0.15, 0.2) is 0 Å². The highest BCUT2D eigenvalue weighted by Gasteiger charge is 2.03. The summed E-state index contributed by atoms with van der Waals surface area (Å²) < 4.78 is 6.96. The van der Waals surface area contributed by atoms with Gasteiger partial charge in [0.05, 0.1) is 12.1 Å². The topological polar surface area (TPSA) is 68.5 Å². The van der Waals surface area contributed by atoms with Crippen molar-refractivity contribution < 1.29 is 14.6 Å². The highest BCUT2D eigenvalue weighted by Crippen LogP contribution is 2.13. The van der Waals surface area contributed by atoms with Crippen LogP contribution in [0.25, 0.3) is 0 Å². The predicted octanol–water partition coefficient (Wildman–Crippen LogP) is 1.63. The molecule has 0 aliphatic heterocycles. The number of nitrogens with zero attached hydrogens (tertiary/aromatic N) is 1. The van der Waals surface area contributed by atoms with Crippen molar-refractivity contribution >= 4 is 5.97 Å². The van der Waals surface area contributed by atoms with E-state index in [1.807, 2.05) is 0 Å². The van der Waals surface area contributed by atoms with Gasteiger partial charge in [0.1, 0.15) is 12.4 Å². The number of ether oxygens (including phenoxy) is 1. The predicted molar refractivity (Wildman–Crippen MR) is 69.6 cm³/mol. The molecule has 0 bridgehead atoms. The second-order valence-electron chi connectivity index (χ2n) is 3.91. The fourth-order valence-corrected chi connectivity index (χ4v) is 1.63. The van der Waals surface area contributed by atoms with Gasteiger partial charge in [0.25, 0.3) is 5.56 Å². The molecule has 0 atom stereocenters. The van der Waals surface area contributed by atoms with E-state index < -0.39 is 5.97 Å². The average molecular weight is 259 g/mol. The van der Waals surface area contributed by atoms with Crippen molar-refractivity contribution in [2.75, 3.05) is 6.61 Å². The number of pyridine rings is 1. The largest absolute Gasteiger partial charge is 0.492 e. The third-order valence-corrected chi connectivity index (χ3v) is 2.58. The van der Waals surface area contributed by atoms with Crippen LogP contribution in [0, 0.1) is 0 Å². The monoisotopic (exact) mass is 259 g/mol. The Morgan fingerprint density at radius 1 is 1.21 bits per heavy atom. The molecule has 1 heterocycles. The molecular formula is C14H13NO4. The minimum absolute atomic E-state index is 0.0922. The Morgan fingerprint density at radius 3 is 2.79 bits per heavy atom. The summed E-state index contributed by atoms with van der Waals surface area (Å²) in [6.07, 6.45) is 1.68. The van der Waals surface area contributed by atoms with Crippen LogP contribution < -0.4 is 10.3 Å². The third-order valence-electron chi connectivity index (χ3n) is 2.58. The van der Waals surface area contributed by atoms with Gasteiger partial charge in [0.2, 0.25) is 0 Å². The minimum Gasteiger partial charge on any atom is -0.492 e. The van der Waals surface area contributed by atoms with Gasteiger partial charge in [-0.15, -0.1) is 0 Å². The van der Waals surface area contributed by atoms with E-state index in [1.54, 1.807) is 30.5 Å². The van der Waals surface area contributed by atoms with Gasteiger partial charge in [-0.1, -0.05) is 12.1 Å². The molecule has 1 aromatic heterocycles. The maximum absolute atomic E-state index is 11.4. The normalized spacial score (nSPS) is 10.1. The van der Waals surface area contributed by atoms with E-state index in [0.29, 0.717) is 18.9 Å². The second-order valence-corrected chi connectivity index (χ2v) is 3.91. The van der Waals surface area contributed by atoms with Gasteiger partial charge in [0, 0.05) is 12.3 Å². The summed E-state index contributed by atoms with van der Waals surface area (Å²) in [6.45, 7) is 0.712. The van der Waals surface area contributed by atoms with E-state index in [1.165, 1.54) is 22.8 Å². The van der Waals surface area contributed by atoms with E-state index >= 15 is 0 Å². The number of hydrogen-bond acceptors (Lipinski definition) is 3. The van der Waals surface area contributed by atoms with Crippen LogP contribution in [0.1, 0.15) is 10.4 Å². The zero-order valence-corrected chi connectivity index (χ0v) is 10.2. The molecule has 2 aromatic rings. The zero-order valence-electron chi connectivity index (χ0n) is 10.2. The lowest BCUT2D eigenvalue weighted by Crippen LogP contribution is -2.21. The molecule has 2 rings (SSSR count). The Labute approximate surface area is 109 Å². The van der Waals surface area contributed by atoms with Crippen molar-refractivity contribution in [2.45, 2.75) is 6.54 Å². The lowest BCUT2D eigenvalue weighted by Gasteiger charge is -2.08. The highest BCUT2D eigenvalue weighted by molar-refractivity contribution is 5.87. The standard InChI is InChI=1S/C14H13NO4/c16-13-6-1-2-7-15(13)8-9-19-12-5-3-4-11(10-12)14(17)18/h1-7,10H,8-9H2,(H,17,18). The molecule has 0 saturated carbocycles. The van der Waals surface area contributed by atoms with Crippen molar-refractivity contribution in [3.05, 3.63) is 64.6 Å². The first kappa shape index (κ1) is 12.9. The van der Waals surface area contributed by atoms with Crippen molar-refractivity contribution in [3.63, 3.8) is 0 Å². The molecule has 0 unspecified atom stereocenters. The van der Waals surface area contributed by atoms with Crippen LogP contribution >= 0.6 is 0 Å². The number of aromatic nitrogens is 1. The molecule has 0 radical (unpaired) electrons. The van der Waals surface area contributed by atoms with Gasteiger partial charge in [-0.2, -0.15) is 0 Å². The van der Waals surface area contributed by atoms with Crippen molar-refractivity contribution in [1.29, 1.82) is 0 Å². The highest BCUT2D eigenvalue weighted by atomic mass is 16.5. The summed E-state index contributed by atoms with van der Waals surface area (Å²) in [7, 11) is 0. The third kappa shape index (κ3) is 3.45. The molecule has 1 N–H and O–H groups in total. The molecule has 98 valence electrons. The molecule has 5 nitrogen and oxygen atoms in total. The molecule has 19 heavy (non-hydrogen) atoms. The average Bonchev–Trinajstić information content (AvgIpc) is 2.41. The Morgan fingerprint density at radius 2 is 2.05 bits per heavy atom. The van der Waals surface area contributed by atoms with Gasteiger partial charge in [-0.25, -0.2) is 4.79 Å². The summed E-state index contributed by atoms with van der Waals surface area (Å²) in [5.74, 6) is -0.520. The summed E-state index contributed by atoms with van der Waals surface area (Å²) in [6, 6.07) is 11.2. The zero-order chi connectivity index (χ0) is 13.7. The van der Waals surface area contributed by atoms with Crippen LogP contribution in [0.15, 0.2) is 53.5 Å². The molecule has 0 aliphatic rings. The molecule has 0 saturated heterocycles. The number of hydrogen-bond donors (Lipinski definition) is 1. The van der Waals surface area contributed by atoms with Crippen molar-refractivity contribution in [3.8, 4) is 5.75 Å². The van der Waals surface area contributed by atoms with Gasteiger partial charge in [-0.05, 0) is 24.3 Å². The van der Waals surface area contributed by atoms with Crippen LogP contribution in [0.5, 0.6) is 5.75 Å². The van der Waals surface area contributed by atoms with E-state index in [-0.39, 0.29) is 11.1 Å². The molecule has 0 spiro atoms. The molecule has 5 heteroatoms. The van der Waals surface area contributed by atoms with Crippen LogP contribution in [-0.4, -0.2) is 22.2 Å². The van der Waals surface area contributed by atoms with Gasteiger partial charge < -0.3 is 14.4 Å². The molecular weight excluding hydrogens is 246 g/mol. The number of carboxylic acids is 1. The summed E-state index contributed by atoms with van der Waals surface area (Å²) in [5.41, 5.74) is 0.0831. The van der Waals surface area contributed by atoms with Gasteiger partial charge >= 0.3 is 5.97 Å². The number of carboxylic acid groups (broad SMARTS) is 1. The molecule has 0 amide bonds. The maximum Gasteiger partial charge on any atom is 0.335 e. The smallest absolute Gasteiger partial charge is 0.335 e. The fraction of sp³-hybridized carbons (Fsp3) is 0.143. The lowest BCUT2D eigenvalue weighted by molar-refractivity contribution is 0.0696. The van der Waals surface area contributed by atoms with Crippen molar-refractivity contribution in [2.24, 2.45) is 0 Å². The van der Waals surface area contributed by atoms with E-state index in [2.05, 4.69) is 0 Å². The second kappa shape index (κ2) is 5.86. The fourth-order valence-electron chi connectivity index (χ4n) is 1.63. The van der Waals surface area contributed by atoms with Crippen molar-refractivity contribution in [1.82, 2.24) is 4.57 Å². The Bertz CT molecular complexity index is 633. The summed E-state index contributed by atoms with van der Waals surface area (Å²) >= 11 is 0. The quantitative estimate of drug-likeness (QED) is 0.886. The van der Waals surface area contributed by atoms with E-state index in [9.17, 15) is 9.59 Å². The first-order valence-electron chi connectivity index (χ1n) is 5.78. The van der Waals surface area contributed by atoms with E-state index in [4.69, 9.17) is 9.84 Å². The number of aromatic carboxylic acids is 1. The van der Waals surface area contributed by atoms with Crippen LogP contribution in [-0.2, 0) is 6.54 Å². The van der Waals surface area contributed by atoms with Crippen LogP contribution in [0.3, 0.4) is 0 Å². The summed E-state index contributed by atoms with van der Waals surface area (Å²) in [4.78, 5) is 22.2. The van der Waals surface area contributed by atoms with Gasteiger partial charge in [-0.3, -0.25) is 4.79 Å². The first-order valence-corrected chi connectivity index (χ1v) is 5.78. The SMILES string of the molecule is O=C(O)c1cccc(OCCn2ccccc2=O)c1. The van der Waals surface area contributed by atoms with Crippen LogP contribution in [0.4, 0.5) is 0 Å². The lowest BCUT2D eigenvalue weighted by atomic mass is 10.2. The van der Waals surface area contributed by atoms with E-state index in [0.717, 1.165) is 0 Å². The number of rotatable bonds is 5.